The lowest BCUT2D eigenvalue weighted by Crippen LogP contribution is -2.34. The third-order valence-corrected chi connectivity index (χ3v) is 2.12. The topological polar surface area (TPSA) is 44.1 Å². The van der Waals surface area contributed by atoms with E-state index in [-0.39, 0.29) is 6.04 Å². The van der Waals surface area contributed by atoms with Gasteiger partial charge in [-0.15, -0.1) is 0 Å². The number of nitrogens with zero attached hydrogens (tertiary/aromatic N) is 2. The molecule has 1 fully saturated rings. The first-order valence-electron chi connectivity index (χ1n) is 3.85. The maximum Gasteiger partial charge on any atom is 0.149 e. The van der Waals surface area contributed by atoms with Crippen molar-refractivity contribution in [2.24, 2.45) is 0 Å². The molecule has 0 aromatic rings. The summed E-state index contributed by atoms with van der Waals surface area (Å²) in [6.45, 7) is 0.358. The van der Waals surface area contributed by atoms with Crippen LogP contribution in [0.2, 0.25) is 0 Å². The van der Waals surface area contributed by atoms with Gasteiger partial charge in [0.25, 0.3) is 0 Å². The van der Waals surface area contributed by atoms with Crippen molar-refractivity contribution in [1.82, 2.24) is 4.90 Å². The van der Waals surface area contributed by atoms with Crippen molar-refractivity contribution < 1.29 is 4.79 Å². The summed E-state index contributed by atoms with van der Waals surface area (Å²) in [5, 5.41) is 8.38. The second-order valence-electron chi connectivity index (χ2n) is 2.95. The molecule has 1 aliphatic rings. The highest BCUT2D eigenvalue weighted by molar-refractivity contribution is 5.85. The van der Waals surface area contributed by atoms with E-state index in [1.54, 1.807) is 0 Å². The van der Waals surface area contributed by atoms with Crippen LogP contribution >= 0.6 is 0 Å². The minimum atomic E-state index is 0.0228. The first kappa shape index (κ1) is 8.22. The lowest BCUT2D eigenvalue weighted by molar-refractivity contribution is -0.121. The molecule has 60 valence electrons. The Hall–Kier alpha value is -0.880. The molecule has 0 aromatic heterocycles. The zero-order valence-electron chi connectivity index (χ0n) is 6.71. The lowest BCUT2D eigenvalue weighted by atomic mass is 10.2. The summed E-state index contributed by atoms with van der Waals surface area (Å²) < 4.78 is 0. The Bertz CT molecular complexity index is 195. The van der Waals surface area contributed by atoms with E-state index in [0.29, 0.717) is 18.7 Å². The highest BCUT2D eigenvalue weighted by Crippen LogP contribution is 2.18. The fraction of sp³-hybridized carbons (Fsp3) is 0.750. The number of hydrogen-bond donors (Lipinski definition) is 0. The van der Waals surface area contributed by atoms with E-state index in [4.69, 9.17) is 5.26 Å². The van der Waals surface area contributed by atoms with E-state index < -0.39 is 0 Å². The smallest absolute Gasteiger partial charge is 0.149 e. The van der Waals surface area contributed by atoms with E-state index in [2.05, 4.69) is 0 Å². The molecule has 0 aliphatic heterocycles. The molecule has 11 heavy (non-hydrogen) atoms. The van der Waals surface area contributed by atoms with E-state index in [0.717, 1.165) is 12.8 Å². The first-order chi connectivity index (χ1) is 5.25. The quantitative estimate of drug-likeness (QED) is 0.543. The molecule has 3 heteroatoms. The monoisotopic (exact) mass is 152 g/mol. The maximum atomic E-state index is 11.1. The lowest BCUT2D eigenvalue weighted by Gasteiger charge is -2.18. The molecule has 0 spiro atoms. The summed E-state index contributed by atoms with van der Waals surface area (Å²) in [6, 6.07) is 2.06. The molecule has 0 saturated heterocycles. The van der Waals surface area contributed by atoms with Gasteiger partial charge in [0.15, 0.2) is 0 Å². The number of rotatable bonds is 2. The van der Waals surface area contributed by atoms with Gasteiger partial charge in [-0.1, -0.05) is 0 Å². The standard InChI is InChI=1S/C8H12N2O/c1-10(6-5-9)7-3-2-4-8(7)11/h7H,2-4,6H2,1H3. The van der Waals surface area contributed by atoms with Crippen molar-refractivity contribution in [2.75, 3.05) is 13.6 Å². The molecular weight excluding hydrogens is 140 g/mol. The van der Waals surface area contributed by atoms with Crippen LogP contribution in [-0.2, 0) is 4.79 Å². The van der Waals surface area contributed by atoms with Gasteiger partial charge in [0.05, 0.1) is 18.7 Å². The van der Waals surface area contributed by atoms with Crippen LogP contribution in [0.15, 0.2) is 0 Å². The zero-order chi connectivity index (χ0) is 8.27. The molecular formula is C8H12N2O. The molecule has 0 bridgehead atoms. The molecule has 0 aromatic carbocycles. The molecule has 0 heterocycles. The molecule has 0 radical (unpaired) electrons. The van der Waals surface area contributed by atoms with Crippen LogP contribution in [0.4, 0.5) is 0 Å². The average Bonchev–Trinajstić information content (AvgIpc) is 2.36. The van der Waals surface area contributed by atoms with Crippen LogP contribution in [0, 0.1) is 11.3 Å². The Morgan fingerprint density at radius 2 is 2.55 bits per heavy atom. The van der Waals surface area contributed by atoms with Gasteiger partial charge in [0.2, 0.25) is 0 Å². The van der Waals surface area contributed by atoms with Gasteiger partial charge in [-0.25, -0.2) is 0 Å². The molecule has 1 rings (SSSR count). The molecule has 1 aliphatic carbocycles. The number of Topliss-reactive ketones (excluding diaryl/α,β-unsaturated/α-hetero) is 1. The van der Waals surface area contributed by atoms with Crippen LogP contribution in [0.5, 0.6) is 0 Å². The molecule has 0 N–H and O–H groups in total. The van der Waals surface area contributed by atoms with Crippen LogP contribution < -0.4 is 0 Å². The minimum Gasteiger partial charge on any atom is -0.298 e. The van der Waals surface area contributed by atoms with E-state index in [9.17, 15) is 4.79 Å². The van der Waals surface area contributed by atoms with Crippen LogP contribution in [0.1, 0.15) is 19.3 Å². The summed E-state index contributed by atoms with van der Waals surface area (Å²) in [4.78, 5) is 13.0. The number of likely N-dealkylation sites (N-methyl/N-ethyl adjacent to an activating group) is 1. The summed E-state index contributed by atoms with van der Waals surface area (Å²) >= 11 is 0. The van der Waals surface area contributed by atoms with Crippen molar-refractivity contribution in [1.29, 1.82) is 5.26 Å². The number of hydrogen-bond acceptors (Lipinski definition) is 3. The molecule has 1 unspecified atom stereocenters. The van der Waals surface area contributed by atoms with Crippen LogP contribution in [-0.4, -0.2) is 30.3 Å². The van der Waals surface area contributed by atoms with Crippen LogP contribution in [0.3, 0.4) is 0 Å². The second-order valence-corrected chi connectivity index (χ2v) is 2.95. The van der Waals surface area contributed by atoms with Gasteiger partial charge in [0.1, 0.15) is 5.78 Å². The molecule has 0 amide bonds. The van der Waals surface area contributed by atoms with E-state index >= 15 is 0 Å². The van der Waals surface area contributed by atoms with Crippen molar-refractivity contribution in [3.63, 3.8) is 0 Å². The van der Waals surface area contributed by atoms with Gasteiger partial charge in [-0.3, -0.25) is 9.69 Å². The molecule has 3 nitrogen and oxygen atoms in total. The van der Waals surface area contributed by atoms with Crippen molar-refractivity contribution in [3.05, 3.63) is 0 Å². The fourth-order valence-electron chi connectivity index (χ4n) is 1.49. The van der Waals surface area contributed by atoms with Gasteiger partial charge in [-0.05, 0) is 19.9 Å². The van der Waals surface area contributed by atoms with Gasteiger partial charge >= 0.3 is 0 Å². The normalized spacial score (nSPS) is 24.1. The predicted molar refractivity (Wildman–Crippen MR) is 40.9 cm³/mol. The summed E-state index contributed by atoms with van der Waals surface area (Å²) in [7, 11) is 1.83. The summed E-state index contributed by atoms with van der Waals surface area (Å²) in [6.07, 6.45) is 2.61. The largest absolute Gasteiger partial charge is 0.298 e. The van der Waals surface area contributed by atoms with Crippen LogP contribution in [0.25, 0.3) is 0 Å². The predicted octanol–water partition coefficient (Wildman–Crippen LogP) is 0.563. The van der Waals surface area contributed by atoms with E-state index in [1.807, 2.05) is 18.0 Å². The second kappa shape index (κ2) is 3.49. The SMILES string of the molecule is CN(CC#N)C1CCCC1=O. The Kier molecular flexibility index (Phi) is 2.61. The number of ketones is 1. The number of nitriles is 1. The molecule has 1 saturated carbocycles. The average molecular weight is 152 g/mol. The number of carbonyl (C=O) groups excluding carboxylic acids is 1. The maximum absolute atomic E-state index is 11.1. The third kappa shape index (κ3) is 1.78. The fourth-order valence-corrected chi connectivity index (χ4v) is 1.49. The summed E-state index contributed by atoms with van der Waals surface area (Å²) in [5.41, 5.74) is 0. The molecule has 1 atom stereocenters. The third-order valence-electron chi connectivity index (χ3n) is 2.12. The highest BCUT2D eigenvalue weighted by Gasteiger charge is 2.27. The zero-order valence-corrected chi connectivity index (χ0v) is 6.71. The highest BCUT2D eigenvalue weighted by atomic mass is 16.1. The van der Waals surface area contributed by atoms with Crippen molar-refractivity contribution >= 4 is 5.78 Å². The van der Waals surface area contributed by atoms with Gasteiger partial charge < -0.3 is 0 Å². The van der Waals surface area contributed by atoms with Gasteiger partial charge in [0, 0.05) is 6.42 Å². The Morgan fingerprint density at radius 3 is 3.00 bits per heavy atom. The minimum absolute atomic E-state index is 0.0228. The number of carbonyl (C=O) groups is 1. The van der Waals surface area contributed by atoms with E-state index in [1.165, 1.54) is 0 Å². The van der Waals surface area contributed by atoms with Crippen molar-refractivity contribution in [2.45, 2.75) is 25.3 Å². The summed E-state index contributed by atoms with van der Waals surface area (Å²) in [5.74, 6) is 0.294. The Morgan fingerprint density at radius 1 is 1.82 bits per heavy atom. The van der Waals surface area contributed by atoms with Gasteiger partial charge in [-0.2, -0.15) is 5.26 Å². The van der Waals surface area contributed by atoms with Crippen molar-refractivity contribution in [3.8, 4) is 6.07 Å². The Balaban J connectivity index is 2.47. The Labute approximate surface area is 66.6 Å². The first-order valence-corrected chi connectivity index (χ1v) is 3.85.